The van der Waals surface area contributed by atoms with Crippen molar-refractivity contribution < 1.29 is 0 Å². The second kappa shape index (κ2) is 22.1. The van der Waals surface area contributed by atoms with Crippen molar-refractivity contribution in [2.45, 2.75) is 5.41 Å². The van der Waals surface area contributed by atoms with Crippen LogP contribution in [0.15, 0.2) is 352 Å². The van der Waals surface area contributed by atoms with Crippen molar-refractivity contribution in [3.63, 3.8) is 0 Å². The van der Waals surface area contributed by atoms with Crippen molar-refractivity contribution in [2.24, 2.45) is 0 Å². The van der Waals surface area contributed by atoms with E-state index >= 15 is 0 Å². The fraction of sp³-hybridized carbons (Fsp3) is 0.0118. The minimum absolute atomic E-state index is 0.681. The number of hydrogen-bond donors (Lipinski definition) is 0. The first-order chi connectivity index (χ1) is 42.2. The highest BCUT2D eigenvalue weighted by molar-refractivity contribution is 5.95. The van der Waals surface area contributed by atoms with Gasteiger partial charge in [-0.05, 0) is 193 Å². The van der Waals surface area contributed by atoms with E-state index in [0.717, 1.165) is 22.3 Å². The van der Waals surface area contributed by atoms with Gasteiger partial charge in [-0.15, -0.1) is 0 Å². The fourth-order valence-electron chi connectivity index (χ4n) is 13.5. The number of hydrogen-bond acceptors (Lipinski definition) is 0. The van der Waals surface area contributed by atoms with Crippen molar-refractivity contribution >= 4 is 0 Å². The SMILES string of the molecule is c1ccc(-c2ccccc2-c2cc(-c3cccc(C4(c5cccc(-c6cc(-c7ccccc7-c7ccccc7)cc(-c7ccccc7-c7ccccc7)c6)c5)c5ccccc5-c5ccccc54)c3)cc(-c3ccccc3-c3ccccc3)c2)cc1. The topological polar surface area (TPSA) is 0 Å². The average Bonchev–Trinajstić information content (AvgIpc) is 1.76. The van der Waals surface area contributed by atoms with Gasteiger partial charge in [-0.25, -0.2) is 0 Å². The van der Waals surface area contributed by atoms with Crippen LogP contribution >= 0.6 is 0 Å². The molecular formula is C85H58. The highest BCUT2D eigenvalue weighted by Crippen LogP contribution is 2.57. The molecule has 0 fully saturated rings. The third kappa shape index (κ3) is 9.32. The summed E-state index contributed by atoms with van der Waals surface area (Å²) in [6.07, 6.45) is 0. The van der Waals surface area contributed by atoms with Gasteiger partial charge >= 0.3 is 0 Å². The van der Waals surface area contributed by atoms with Gasteiger partial charge in [0.1, 0.15) is 0 Å². The summed E-state index contributed by atoms with van der Waals surface area (Å²) >= 11 is 0. The van der Waals surface area contributed by atoms with E-state index in [9.17, 15) is 0 Å². The molecule has 1 aliphatic rings. The van der Waals surface area contributed by atoms with E-state index in [-0.39, 0.29) is 0 Å². The Morgan fingerprint density at radius 2 is 0.341 bits per heavy atom. The molecule has 0 bridgehead atoms. The largest absolute Gasteiger partial charge is 0.0713 e. The molecule has 398 valence electrons. The van der Waals surface area contributed by atoms with E-state index in [0.29, 0.717) is 0 Å². The molecule has 14 aromatic rings. The second-order valence-corrected chi connectivity index (χ2v) is 22.2. The normalized spacial score (nSPS) is 12.1. The van der Waals surface area contributed by atoms with Crippen LogP contribution in [0.1, 0.15) is 22.3 Å². The smallest absolute Gasteiger partial charge is 0.0622 e. The molecule has 14 aromatic carbocycles. The van der Waals surface area contributed by atoms with Gasteiger partial charge in [-0.2, -0.15) is 0 Å². The molecule has 0 amide bonds. The molecule has 85 heavy (non-hydrogen) atoms. The molecule has 0 saturated carbocycles. The van der Waals surface area contributed by atoms with Crippen LogP contribution in [0, 0.1) is 0 Å². The zero-order valence-electron chi connectivity index (χ0n) is 47.0. The van der Waals surface area contributed by atoms with E-state index in [1.165, 1.54) is 122 Å². The first kappa shape index (κ1) is 51.0. The maximum atomic E-state index is 2.49. The molecule has 0 aliphatic heterocycles. The summed E-state index contributed by atoms with van der Waals surface area (Å²) in [5.41, 5.74) is 30.4. The van der Waals surface area contributed by atoms with E-state index in [1.807, 2.05) is 0 Å². The number of fused-ring (bicyclic) bond motifs is 3. The standard InChI is InChI=1S/C85H58/c1-5-27-59(28-6-1)73-39-13-17-43-77(73)67-51-65(52-68(55-67)78-44-18-14-40-74(78)60-29-7-2-8-30-60)63-35-25-37-71(57-63)85(83-49-23-21-47-81(83)82-48-22-24-50-84(82)85)72-38-26-36-64(58-72)66-53-69(79-45-19-15-41-75(79)61-31-9-3-10-32-61)56-70(54-66)80-46-20-16-42-76(80)62-33-11-4-12-34-62/h1-58H. The van der Waals surface area contributed by atoms with Gasteiger partial charge in [0.2, 0.25) is 0 Å². The van der Waals surface area contributed by atoms with Gasteiger partial charge in [0.05, 0.1) is 5.41 Å². The van der Waals surface area contributed by atoms with Gasteiger partial charge in [-0.1, -0.05) is 303 Å². The van der Waals surface area contributed by atoms with Gasteiger partial charge in [0, 0.05) is 0 Å². The predicted octanol–water partition coefficient (Wildman–Crippen LogP) is 22.7. The zero-order valence-corrected chi connectivity index (χ0v) is 47.0. The summed E-state index contributed by atoms with van der Waals surface area (Å²) in [7, 11) is 0. The Hall–Kier alpha value is -10.9. The minimum atomic E-state index is -0.681. The third-order valence-electron chi connectivity index (χ3n) is 17.4. The van der Waals surface area contributed by atoms with Crippen molar-refractivity contribution in [1.82, 2.24) is 0 Å². The maximum absolute atomic E-state index is 2.49. The summed E-state index contributed by atoms with van der Waals surface area (Å²) in [6, 6.07) is 130. The molecule has 0 nitrogen and oxygen atoms in total. The van der Waals surface area contributed by atoms with Crippen LogP contribution < -0.4 is 0 Å². The molecule has 0 saturated heterocycles. The Balaban J connectivity index is 0.946. The van der Waals surface area contributed by atoms with Crippen LogP contribution in [-0.2, 0) is 5.41 Å². The van der Waals surface area contributed by atoms with E-state index in [2.05, 4.69) is 352 Å². The van der Waals surface area contributed by atoms with Crippen LogP contribution in [0.25, 0.3) is 122 Å². The summed E-state index contributed by atoms with van der Waals surface area (Å²) < 4.78 is 0. The first-order valence-corrected chi connectivity index (χ1v) is 29.5. The fourth-order valence-corrected chi connectivity index (χ4v) is 13.5. The van der Waals surface area contributed by atoms with Crippen LogP contribution in [0.2, 0.25) is 0 Å². The second-order valence-electron chi connectivity index (χ2n) is 22.2. The summed E-state index contributed by atoms with van der Waals surface area (Å²) in [5.74, 6) is 0. The monoisotopic (exact) mass is 1080 g/mol. The highest BCUT2D eigenvalue weighted by atomic mass is 14.5. The Labute approximate surface area is 499 Å². The van der Waals surface area contributed by atoms with E-state index in [1.54, 1.807) is 0 Å². The lowest BCUT2D eigenvalue weighted by Crippen LogP contribution is -2.28. The maximum Gasteiger partial charge on any atom is 0.0713 e. The lowest BCUT2D eigenvalue weighted by Gasteiger charge is -2.34. The average molecular weight is 1080 g/mol. The van der Waals surface area contributed by atoms with Crippen molar-refractivity contribution in [2.75, 3.05) is 0 Å². The lowest BCUT2D eigenvalue weighted by atomic mass is 9.67. The molecule has 0 unspecified atom stereocenters. The molecule has 0 heterocycles. The molecule has 15 rings (SSSR count). The minimum Gasteiger partial charge on any atom is -0.0622 e. The molecule has 0 aromatic heterocycles. The van der Waals surface area contributed by atoms with E-state index < -0.39 is 5.41 Å². The third-order valence-corrected chi connectivity index (χ3v) is 17.4. The van der Waals surface area contributed by atoms with Crippen molar-refractivity contribution in [3.05, 3.63) is 374 Å². The Kier molecular flexibility index (Phi) is 13.3. The summed E-state index contributed by atoms with van der Waals surface area (Å²) in [4.78, 5) is 0. The molecule has 1 aliphatic carbocycles. The van der Waals surface area contributed by atoms with E-state index in [4.69, 9.17) is 0 Å². The predicted molar refractivity (Wildman–Crippen MR) is 358 cm³/mol. The van der Waals surface area contributed by atoms with Gasteiger partial charge in [-0.3, -0.25) is 0 Å². The van der Waals surface area contributed by atoms with Crippen LogP contribution in [-0.4, -0.2) is 0 Å². The Morgan fingerprint density at radius 3 is 0.624 bits per heavy atom. The van der Waals surface area contributed by atoms with Gasteiger partial charge in [0.25, 0.3) is 0 Å². The van der Waals surface area contributed by atoms with Crippen molar-refractivity contribution in [3.8, 4) is 122 Å². The molecule has 0 atom stereocenters. The van der Waals surface area contributed by atoms with Crippen LogP contribution in [0.3, 0.4) is 0 Å². The summed E-state index contributed by atoms with van der Waals surface area (Å²) in [6.45, 7) is 0. The van der Waals surface area contributed by atoms with Gasteiger partial charge in [0.15, 0.2) is 0 Å². The lowest BCUT2D eigenvalue weighted by molar-refractivity contribution is 0.769. The Bertz CT molecular complexity index is 4240. The number of rotatable bonds is 12. The van der Waals surface area contributed by atoms with Crippen molar-refractivity contribution in [1.29, 1.82) is 0 Å². The van der Waals surface area contributed by atoms with Crippen LogP contribution in [0.4, 0.5) is 0 Å². The molecule has 0 radical (unpaired) electrons. The van der Waals surface area contributed by atoms with Crippen LogP contribution in [0.5, 0.6) is 0 Å². The summed E-state index contributed by atoms with van der Waals surface area (Å²) in [5, 5.41) is 0. The molecule has 0 heteroatoms. The Morgan fingerprint density at radius 1 is 0.129 bits per heavy atom. The highest BCUT2D eigenvalue weighted by Gasteiger charge is 2.46. The van der Waals surface area contributed by atoms with Gasteiger partial charge < -0.3 is 0 Å². The first-order valence-electron chi connectivity index (χ1n) is 29.5. The molecule has 0 N–H and O–H groups in total. The molecule has 0 spiro atoms. The quantitative estimate of drug-likeness (QED) is 0.114. The molecular weight excluding hydrogens is 1020 g/mol. The zero-order chi connectivity index (χ0) is 56.5. The number of benzene rings is 14.